The molecule has 4 nitrogen and oxygen atoms in total. The van der Waals surface area contributed by atoms with Gasteiger partial charge in [-0.2, -0.15) is 0 Å². The third-order valence-electron chi connectivity index (χ3n) is 4.32. The summed E-state index contributed by atoms with van der Waals surface area (Å²) in [5.74, 6) is -0.948. The van der Waals surface area contributed by atoms with Crippen LogP contribution in [0.4, 0.5) is 4.39 Å². The van der Waals surface area contributed by atoms with Gasteiger partial charge in [0, 0.05) is 27.7 Å². The molecule has 0 fully saturated rings. The van der Waals surface area contributed by atoms with Crippen LogP contribution < -0.4 is 5.32 Å². The summed E-state index contributed by atoms with van der Waals surface area (Å²) in [4.78, 5) is 27.3. The van der Waals surface area contributed by atoms with Crippen molar-refractivity contribution in [2.45, 2.75) is 52.2 Å². The summed E-state index contributed by atoms with van der Waals surface area (Å²) in [5.41, 5.74) is 0.771. The van der Waals surface area contributed by atoms with Crippen molar-refractivity contribution in [3.05, 3.63) is 69.5 Å². The predicted molar refractivity (Wildman–Crippen MR) is 114 cm³/mol. The second-order valence-corrected chi connectivity index (χ2v) is 8.75. The fourth-order valence-corrected chi connectivity index (χ4v) is 3.31. The van der Waals surface area contributed by atoms with E-state index in [-0.39, 0.29) is 30.6 Å². The van der Waals surface area contributed by atoms with Crippen molar-refractivity contribution < 1.29 is 14.0 Å². The molecule has 2 aromatic rings. The average Bonchev–Trinajstić information content (AvgIpc) is 2.61. The molecule has 0 bridgehead atoms. The van der Waals surface area contributed by atoms with Crippen LogP contribution >= 0.6 is 23.2 Å². The van der Waals surface area contributed by atoms with Crippen LogP contribution in [0.15, 0.2) is 42.5 Å². The number of carbonyl (C=O) groups is 2. The first-order valence-corrected chi connectivity index (χ1v) is 10.0. The molecule has 1 N–H and O–H groups in total. The van der Waals surface area contributed by atoms with Crippen LogP contribution in [0.3, 0.4) is 0 Å². The van der Waals surface area contributed by atoms with Crippen molar-refractivity contribution in [3.63, 3.8) is 0 Å². The van der Waals surface area contributed by atoms with E-state index in [0.29, 0.717) is 21.2 Å². The van der Waals surface area contributed by atoms with E-state index in [1.807, 2.05) is 20.8 Å². The number of carbonyl (C=O) groups excluding carboxylic acids is 2. The zero-order chi connectivity index (χ0) is 21.8. The van der Waals surface area contributed by atoms with Gasteiger partial charge in [-0.3, -0.25) is 9.59 Å². The summed E-state index contributed by atoms with van der Waals surface area (Å²) in [6.07, 6.45) is 0.0233. The van der Waals surface area contributed by atoms with Crippen LogP contribution in [0.1, 0.15) is 38.8 Å². The second kappa shape index (κ2) is 9.59. The van der Waals surface area contributed by atoms with Crippen molar-refractivity contribution in [3.8, 4) is 0 Å². The van der Waals surface area contributed by atoms with Gasteiger partial charge in [0.25, 0.3) is 0 Å². The quantitative estimate of drug-likeness (QED) is 0.688. The van der Waals surface area contributed by atoms with Crippen LogP contribution in [0, 0.1) is 5.82 Å². The van der Waals surface area contributed by atoms with Gasteiger partial charge in [-0.05, 0) is 57.5 Å². The van der Waals surface area contributed by atoms with E-state index in [4.69, 9.17) is 23.2 Å². The summed E-state index contributed by atoms with van der Waals surface area (Å²) < 4.78 is 13.2. The molecule has 0 heterocycles. The third kappa shape index (κ3) is 6.72. The summed E-state index contributed by atoms with van der Waals surface area (Å²) in [5, 5.41) is 3.73. The monoisotopic (exact) mass is 438 g/mol. The summed E-state index contributed by atoms with van der Waals surface area (Å²) in [6, 6.07) is 10.0. The molecule has 1 atom stereocenters. The maximum absolute atomic E-state index is 13.2. The highest BCUT2D eigenvalue weighted by Gasteiger charge is 2.29. The molecule has 0 aliphatic carbocycles. The summed E-state index contributed by atoms with van der Waals surface area (Å²) in [6.45, 7) is 7.35. The normalized spacial score (nSPS) is 12.4. The molecule has 156 valence electrons. The molecule has 0 aromatic heterocycles. The van der Waals surface area contributed by atoms with Crippen LogP contribution in [-0.2, 0) is 22.6 Å². The molecule has 0 radical (unpaired) electrons. The van der Waals surface area contributed by atoms with Gasteiger partial charge in [-0.1, -0.05) is 41.4 Å². The SMILES string of the molecule is C[C@H](C(=O)NC(C)(C)C)N(Cc1c(Cl)cccc1Cl)C(=O)Cc1ccc(F)cc1. The van der Waals surface area contributed by atoms with Crippen molar-refractivity contribution in [2.75, 3.05) is 0 Å². The molecule has 0 unspecified atom stereocenters. The topological polar surface area (TPSA) is 49.4 Å². The highest BCUT2D eigenvalue weighted by atomic mass is 35.5. The van der Waals surface area contributed by atoms with Crippen molar-refractivity contribution in [2.24, 2.45) is 0 Å². The minimum absolute atomic E-state index is 0.0233. The molecule has 29 heavy (non-hydrogen) atoms. The summed E-state index contributed by atoms with van der Waals surface area (Å²) >= 11 is 12.6. The van der Waals surface area contributed by atoms with E-state index in [0.717, 1.165) is 0 Å². The van der Waals surface area contributed by atoms with Gasteiger partial charge in [0.2, 0.25) is 11.8 Å². The van der Waals surface area contributed by atoms with Gasteiger partial charge in [0.05, 0.1) is 6.42 Å². The second-order valence-electron chi connectivity index (χ2n) is 7.94. The lowest BCUT2D eigenvalue weighted by Crippen LogP contribution is -2.52. The molecule has 7 heteroatoms. The lowest BCUT2D eigenvalue weighted by Gasteiger charge is -2.32. The Hall–Kier alpha value is -2.11. The number of amides is 2. The Labute approximate surface area is 181 Å². The van der Waals surface area contributed by atoms with E-state index in [1.54, 1.807) is 37.3 Å². The molecular formula is C22H25Cl2FN2O2. The zero-order valence-corrected chi connectivity index (χ0v) is 18.4. The van der Waals surface area contributed by atoms with E-state index in [2.05, 4.69) is 5.32 Å². The minimum atomic E-state index is -0.755. The van der Waals surface area contributed by atoms with E-state index >= 15 is 0 Å². The average molecular weight is 439 g/mol. The largest absolute Gasteiger partial charge is 0.350 e. The Bertz CT molecular complexity index is 859. The number of nitrogens with one attached hydrogen (secondary N) is 1. The van der Waals surface area contributed by atoms with Crippen molar-refractivity contribution in [1.29, 1.82) is 0 Å². The van der Waals surface area contributed by atoms with E-state index < -0.39 is 11.6 Å². The number of hydrogen-bond donors (Lipinski definition) is 1. The van der Waals surface area contributed by atoms with Gasteiger partial charge in [0.1, 0.15) is 11.9 Å². The number of nitrogens with zero attached hydrogens (tertiary/aromatic N) is 1. The number of halogens is 3. The van der Waals surface area contributed by atoms with Gasteiger partial charge in [-0.15, -0.1) is 0 Å². The molecular weight excluding hydrogens is 414 g/mol. The van der Waals surface area contributed by atoms with Gasteiger partial charge in [0.15, 0.2) is 0 Å². The number of hydrogen-bond acceptors (Lipinski definition) is 2. The van der Waals surface area contributed by atoms with Crippen LogP contribution in [-0.4, -0.2) is 28.3 Å². The molecule has 0 aliphatic rings. The fourth-order valence-electron chi connectivity index (χ4n) is 2.79. The fraction of sp³-hybridized carbons (Fsp3) is 0.364. The standard InChI is InChI=1S/C22H25Cl2FN2O2/c1-14(21(29)26-22(2,3)4)27(13-17-18(23)6-5-7-19(17)24)20(28)12-15-8-10-16(25)11-9-15/h5-11,14H,12-13H2,1-4H3,(H,26,29)/t14-/m1/s1. The smallest absolute Gasteiger partial charge is 0.242 e. The predicted octanol–water partition coefficient (Wildman–Crippen LogP) is 5.01. The molecule has 2 rings (SSSR count). The lowest BCUT2D eigenvalue weighted by atomic mass is 10.1. The van der Waals surface area contributed by atoms with Crippen molar-refractivity contribution in [1.82, 2.24) is 10.2 Å². The number of benzene rings is 2. The first-order chi connectivity index (χ1) is 13.5. The lowest BCUT2D eigenvalue weighted by molar-refractivity contribution is -0.140. The van der Waals surface area contributed by atoms with Crippen molar-refractivity contribution >= 4 is 35.0 Å². The molecule has 0 aliphatic heterocycles. The van der Waals surface area contributed by atoms with E-state index in [1.165, 1.54) is 17.0 Å². The first kappa shape index (κ1) is 23.2. The summed E-state index contributed by atoms with van der Waals surface area (Å²) in [7, 11) is 0. The minimum Gasteiger partial charge on any atom is -0.350 e. The zero-order valence-electron chi connectivity index (χ0n) is 16.9. The third-order valence-corrected chi connectivity index (χ3v) is 5.03. The van der Waals surface area contributed by atoms with Crippen LogP contribution in [0.25, 0.3) is 0 Å². The van der Waals surface area contributed by atoms with Crippen LogP contribution in [0.2, 0.25) is 10.0 Å². The van der Waals surface area contributed by atoms with E-state index in [9.17, 15) is 14.0 Å². The van der Waals surface area contributed by atoms with Gasteiger partial charge < -0.3 is 10.2 Å². The molecule has 2 aromatic carbocycles. The first-order valence-electron chi connectivity index (χ1n) is 9.27. The maximum Gasteiger partial charge on any atom is 0.242 e. The van der Waals surface area contributed by atoms with Gasteiger partial charge >= 0.3 is 0 Å². The molecule has 0 saturated carbocycles. The Morgan fingerprint density at radius 3 is 2.14 bits per heavy atom. The Kier molecular flexibility index (Phi) is 7.66. The molecule has 0 spiro atoms. The Morgan fingerprint density at radius 1 is 1.07 bits per heavy atom. The molecule has 2 amide bonds. The molecule has 0 saturated heterocycles. The Balaban J connectivity index is 2.32. The Morgan fingerprint density at radius 2 is 1.62 bits per heavy atom. The maximum atomic E-state index is 13.2. The highest BCUT2D eigenvalue weighted by Crippen LogP contribution is 2.27. The van der Waals surface area contributed by atoms with Crippen LogP contribution in [0.5, 0.6) is 0 Å². The highest BCUT2D eigenvalue weighted by molar-refractivity contribution is 6.36. The number of rotatable bonds is 6. The van der Waals surface area contributed by atoms with Gasteiger partial charge in [-0.25, -0.2) is 4.39 Å².